The molecule has 4 rings (SSSR count). The molecule has 0 atom stereocenters. The average Bonchev–Trinajstić information content (AvgIpc) is 2.90. The lowest BCUT2D eigenvalue weighted by Gasteiger charge is -2.43. The van der Waals surface area contributed by atoms with Crippen molar-refractivity contribution in [2.45, 2.75) is 96.1 Å². The number of rotatable bonds is 9. The fourth-order valence-corrected chi connectivity index (χ4v) is 5.70. The first-order chi connectivity index (χ1) is 17.1. The number of hydrogen-bond donors (Lipinski definition) is 1. The van der Waals surface area contributed by atoms with E-state index in [4.69, 9.17) is 4.74 Å². The van der Waals surface area contributed by atoms with E-state index in [0.717, 1.165) is 18.5 Å². The number of esters is 1. The molecule has 2 aliphatic carbocycles. The Morgan fingerprint density at radius 1 is 0.857 bits per heavy atom. The quantitative estimate of drug-likeness (QED) is 0.238. The summed E-state index contributed by atoms with van der Waals surface area (Å²) < 4.78 is 5.35. The fourth-order valence-electron chi connectivity index (χ4n) is 5.70. The van der Waals surface area contributed by atoms with Gasteiger partial charge in [0.1, 0.15) is 5.75 Å². The molecule has 0 spiro atoms. The molecule has 0 unspecified atom stereocenters. The van der Waals surface area contributed by atoms with Gasteiger partial charge in [-0.15, -0.1) is 0 Å². The van der Waals surface area contributed by atoms with Crippen molar-refractivity contribution in [2.75, 3.05) is 11.5 Å². The normalized spacial score (nSPS) is 17.2. The van der Waals surface area contributed by atoms with Crippen molar-refractivity contribution in [2.24, 2.45) is 0 Å². The molecule has 0 radical (unpaired) electrons. The second-order valence-electron chi connectivity index (χ2n) is 10.1. The van der Waals surface area contributed by atoms with Crippen molar-refractivity contribution in [3.05, 3.63) is 59.2 Å². The van der Waals surface area contributed by atoms with Crippen LogP contribution < -0.4 is 4.90 Å². The summed E-state index contributed by atoms with van der Waals surface area (Å²) in [5.41, 5.74) is 1.72. The lowest BCUT2D eigenvalue weighted by molar-refractivity contribution is 0.0497. The van der Waals surface area contributed by atoms with Crippen molar-refractivity contribution >= 4 is 17.4 Å². The van der Waals surface area contributed by atoms with Gasteiger partial charge in [-0.1, -0.05) is 70.1 Å². The molecular weight excluding hydrogens is 438 g/mol. The van der Waals surface area contributed by atoms with E-state index < -0.39 is 5.97 Å². The molecule has 2 fully saturated rings. The molecule has 2 saturated carbocycles. The summed E-state index contributed by atoms with van der Waals surface area (Å²) in [4.78, 5) is 28.6. The van der Waals surface area contributed by atoms with E-state index in [2.05, 4.69) is 4.90 Å². The highest BCUT2D eigenvalue weighted by Crippen LogP contribution is 2.37. The van der Waals surface area contributed by atoms with E-state index in [-0.39, 0.29) is 28.2 Å². The van der Waals surface area contributed by atoms with Crippen LogP contribution in [-0.2, 0) is 4.74 Å². The second-order valence-corrected chi connectivity index (χ2v) is 10.1. The lowest BCUT2D eigenvalue weighted by atomic mass is 9.88. The number of ether oxygens (including phenoxy) is 1. The zero-order valence-electron chi connectivity index (χ0n) is 21.0. The van der Waals surface area contributed by atoms with E-state index in [1.165, 1.54) is 64.2 Å². The zero-order chi connectivity index (χ0) is 24.6. The van der Waals surface area contributed by atoms with Gasteiger partial charge in [0.2, 0.25) is 0 Å². The topological polar surface area (TPSA) is 66.8 Å². The predicted octanol–water partition coefficient (Wildman–Crippen LogP) is 7.05. The minimum Gasteiger partial charge on any atom is -0.507 e. The van der Waals surface area contributed by atoms with Crippen LogP contribution >= 0.6 is 0 Å². The first-order valence-corrected chi connectivity index (χ1v) is 13.5. The third kappa shape index (κ3) is 6.06. The largest absolute Gasteiger partial charge is 0.507 e. The van der Waals surface area contributed by atoms with Crippen LogP contribution in [-0.4, -0.2) is 35.5 Å². The molecule has 188 valence electrons. The average molecular weight is 478 g/mol. The smallest absolute Gasteiger partial charge is 0.338 e. The summed E-state index contributed by atoms with van der Waals surface area (Å²) >= 11 is 0. The van der Waals surface area contributed by atoms with Gasteiger partial charge in [-0.25, -0.2) is 4.79 Å². The molecule has 0 heterocycles. The molecule has 5 nitrogen and oxygen atoms in total. The third-order valence-electron chi connectivity index (χ3n) is 7.58. The van der Waals surface area contributed by atoms with Gasteiger partial charge < -0.3 is 14.7 Å². The van der Waals surface area contributed by atoms with Crippen molar-refractivity contribution in [1.82, 2.24) is 0 Å². The first-order valence-electron chi connectivity index (χ1n) is 13.5. The van der Waals surface area contributed by atoms with Gasteiger partial charge in [0.05, 0.1) is 17.7 Å². The van der Waals surface area contributed by atoms with E-state index in [1.807, 2.05) is 13.0 Å². The number of ketones is 1. The molecule has 0 saturated heterocycles. The maximum Gasteiger partial charge on any atom is 0.338 e. The second kappa shape index (κ2) is 12.2. The van der Waals surface area contributed by atoms with Crippen LogP contribution in [0.2, 0.25) is 0 Å². The van der Waals surface area contributed by atoms with E-state index in [1.54, 1.807) is 36.4 Å². The van der Waals surface area contributed by atoms with Crippen LogP contribution in [0.15, 0.2) is 42.5 Å². The maximum atomic E-state index is 13.4. The maximum absolute atomic E-state index is 13.4. The predicted molar refractivity (Wildman–Crippen MR) is 139 cm³/mol. The number of anilines is 1. The molecule has 0 aliphatic heterocycles. The van der Waals surface area contributed by atoms with Crippen molar-refractivity contribution in [1.29, 1.82) is 0 Å². The Kier molecular flexibility index (Phi) is 8.84. The SMILES string of the molecule is CCCCOC(=O)c1ccccc1C(=O)c1ccc(N(C2CCCCC2)C2CCCCC2)cc1O. The molecule has 2 aromatic rings. The summed E-state index contributed by atoms with van der Waals surface area (Å²) in [6.45, 7) is 2.36. The van der Waals surface area contributed by atoms with Crippen LogP contribution in [0.5, 0.6) is 5.75 Å². The molecule has 5 heteroatoms. The van der Waals surface area contributed by atoms with Crippen molar-refractivity contribution in [3.63, 3.8) is 0 Å². The Bertz CT molecular complexity index is 987. The van der Waals surface area contributed by atoms with Gasteiger partial charge in [-0.05, 0) is 50.3 Å². The molecule has 2 aliphatic rings. The summed E-state index contributed by atoms with van der Waals surface area (Å²) in [7, 11) is 0. The van der Waals surface area contributed by atoms with Gasteiger partial charge in [-0.2, -0.15) is 0 Å². The van der Waals surface area contributed by atoms with E-state index >= 15 is 0 Å². The molecule has 0 bridgehead atoms. The number of benzene rings is 2. The third-order valence-corrected chi connectivity index (χ3v) is 7.58. The summed E-state index contributed by atoms with van der Waals surface area (Å²) in [6.07, 6.45) is 14.1. The number of unbranched alkanes of at least 4 members (excludes halogenated alkanes) is 1. The van der Waals surface area contributed by atoms with Crippen LogP contribution in [0.1, 0.15) is 110 Å². The summed E-state index contributed by atoms with van der Waals surface area (Å²) in [6, 6.07) is 13.2. The Morgan fingerprint density at radius 3 is 2.03 bits per heavy atom. The number of nitrogens with zero attached hydrogens (tertiary/aromatic N) is 1. The van der Waals surface area contributed by atoms with E-state index in [0.29, 0.717) is 18.7 Å². The number of carbonyl (C=O) groups excluding carboxylic acids is 2. The summed E-state index contributed by atoms with van der Waals surface area (Å²) in [5, 5.41) is 11.0. The van der Waals surface area contributed by atoms with Crippen LogP contribution in [0.4, 0.5) is 5.69 Å². The molecule has 35 heavy (non-hydrogen) atoms. The van der Waals surface area contributed by atoms with Crippen molar-refractivity contribution < 1.29 is 19.4 Å². The Morgan fingerprint density at radius 2 is 1.46 bits per heavy atom. The first kappa shape index (κ1) is 25.3. The van der Waals surface area contributed by atoms with Gasteiger partial charge in [0.25, 0.3) is 0 Å². The zero-order valence-corrected chi connectivity index (χ0v) is 21.0. The molecule has 1 N–H and O–H groups in total. The number of phenols is 1. The lowest BCUT2D eigenvalue weighted by Crippen LogP contribution is -2.45. The number of phenolic OH excluding ortho intramolecular Hbond substituents is 1. The highest BCUT2D eigenvalue weighted by Gasteiger charge is 2.30. The standard InChI is InChI=1S/C30H39NO4/c1-2-3-20-35-30(34)26-17-11-10-16-25(26)29(33)27-19-18-24(21-28(27)32)31(22-12-6-4-7-13-22)23-14-8-5-9-15-23/h10-11,16-19,21-23,32H,2-9,12-15,20H2,1H3. The Hall–Kier alpha value is -2.82. The summed E-state index contributed by atoms with van der Waals surface area (Å²) in [5.74, 6) is -0.892. The fraction of sp³-hybridized carbons (Fsp3) is 0.533. The number of aromatic hydroxyl groups is 1. The highest BCUT2D eigenvalue weighted by atomic mass is 16.5. The van der Waals surface area contributed by atoms with Gasteiger partial charge >= 0.3 is 5.97 Å². The minimum atomic E-state index is -0.501. The van der Waals surface area contributed by atoms with Crippen LogP contribution in [0, 0.1) is 0 Å². The monoisotopic (exact) mass is 477 g/mol. The van der Waals surface area contributed by atoms with Gasteiger partial charge in [0, 0.05) is 29.4 Å². The molecule has 0 amide bonds. The number of carbonyl (C=O) groups is 2. The molecule has 0 aromatic heterocycles. The van der Waals surface area contributed by atoms with E-state index in [9.17, 15) is 14.7 Å². The van der Waals surface area contributed by atoms with Crippen LogP contribution in [0.3, 0.4) is 0 Å². The minimum absolute atomic E-state index is 0.0294. The number of hydrogen-bond acceptors (Lipinski definition) is 5. The molecule has 2 aromatic carbocycles. The Balaban J connectivity index is 1.60. The van der Waals surface area contributed by atoms with Gasteiger partial charge in [0.15, 0.2) is 5.78 Å². The van der Waals surface area contributed by atoms with Crippen LogP contribution in [0.25, 0.3) is 0 Å². The molecular formula is C30H39NO4. The van der Waals surface area contributed by atoms with Crippen molar-refractivity contribution in [3.8, 4) is 5.75 Å². The Labute approximate surface area is 209 Å². The van der Waals surface area contributed by atoms with Gasteiger partial charge in [-0.3, -0.25) is 4.79 Å². The highest BCUT2D eigenvalue weighted by molar-refractivity contribution is 6.15.